The lowest BCUT2D eigenvalue weighted by Gasteiger charge is -2.40. The van der Waals surface area contributed by atoms with Gasteiger partial charge in [-0.1, -0.05) is 6.92 Å². The summed E-state index contributed by atoms with van der Waals surface area (Å²) in [7, 11) is 0. The Bertz CT molecular complexity index is 320. The van der Waals surface area contributed by atoms with Crippen LogP contribution in [0.1, 0.15) is 39.0 Å². The third-order valence-electron chi connectivity index (χ3n) is 4.88. The predicted molar refractivity (Wildman–Crippen MR) is 69.0 cm³/mol. The van der Waals surface area contributed by atoms with Crippen LogP contribution in [0.4, 0.5) is 0 Å². The number of aliphatic hydroxyl groups is 1. The summed E-state index contributed by atoms with van der Waals surface area (Å²) in [6.45, 7) is 4.08. The van der Waals surface area contributed by atoms with Gasteiger partial charge < -0.3 is 15.3 Å². The van der Waals surface area contributed by atoms with E-state index in [0.29, 0.717) is 23.9 Å². The fourth-order valence-electron chi connectivity index (χ4n) is 4.06. The Labute approximate surface area is 109 Å². The van der Waals surface area contributed by atoms with Gasteiger partial charge in [0.2, 0.25) is 5.91 Å². The van der Waals surface area contributed by atoms with Crippen LogP contribution >= 0.6 is 0 Å². The second-order valence-electron chi connectivity index (χ2n) is 6.45. The highest BCUT2D eigenvalue weighted by Gasteiger charge is 2.44. The number of carbonyl (C=O) groups excluding carboxylic acids is 1. The van der Waals surface area contributed by atoms with Gasteiger partial charge in [-0.2, -0.15) is 0 Å². The molecule has 2 bridgehead atoms. The zero-order valence-electron chi connectivity index (χ0n) is 11.1. The van der Waals surface area contributed by atoms with Crippen LogP contribution in [0, 0.1) is 11.8 Å². The molecule has 3 heterocycles. The maximum Gasteiger partial charge on any atom is 0.227 e. The molecule has 102 valence electrons. The molecule has 0 radical (unpaired) electrons. The van der Waals surface area contributed by atoms with E-state index in [1.54, 1.807) is 0 Å². The van der Waals surface area contributed by atoms with E-state index in [1.807, 2.05) is 0 Å². The van der Waals surface area contributed by atoms with Gasteiger partial charge >= 0.3 is 0 Å². The van der Waals surface area contributed by atoms with Gasteiger partial charge in [-0.3, -0.25) is 4.79 Å². The van der Waals surface area contributed by atoms with Crippen molar-refractivity contribution in [3.63, 3.8) is 0 Å². The molecule has 4 heteroatoms. The average Bonchev–Trinajstić information content (AvgIpc) is 2.61. The van der Waals surface area contributed by atoms with Gasteiger partial charge in [-0.05, 0) is 44.6 Å². The second kappa shape index (κ2) is 4.82. The van der Waals surface area contributed by atoms with Gasteiger partial charge in [-0.15, -0.1) is 0 Å². The van der Waals surface area contributed by atoms with E-state index in [1.165, 1.54) is 0 Å². The van der Waals surface area contributed by atoms with Crippen LogP contribution in [0.25, 0.3) is 0 Å². The number of hydrogen-bond acceptors (Lipinski definition) is 3. The molecule has 3 aliphatic rings. The standard InChI is InChI=1S/C14H24N2O2/c1-9-4-10(8-15-7-9)14(18)16-11-2-3-12(16)6-13(17)5-11/h9-13,15,17H,2-8H2,1H3. The number of amides is 1. The van der Waals surface area contributed by atoms with Crippen LogP contribution in [0.3, 0.4) is 0 Å². The van der Waals surface area contributed by atoms with Crippen molar-refractivity contribution >= 4 is 5.91 Å². The van der Waals surface area contributed by atoms with E-state index in [-0.39, 0.29) is 12.0 Å². The van der Waals surface area contributed by atoms with Gasteiger partial charge in [-0.25, -0.2) is 0 Å². The highest BCUT2D eigenvalue weighted by Crippen LogP contribution is 2.37. The van der Waals surface area contributed by atoms with Gasteiger partial charge in [0.1, 0.15) is 0 Å². The average molecular weight is 252 g/mol. The van der Waals surface area contributed by atoms with Crippen LogP contribution in [-0.4, -0.2) is 47.2 Å². The summed E-state index contributed by atoms with van der Waals surface area (Å²) in [6.07, 6.45) is 4.59. The second-order valence-corrected chi connectivity index (χ2v) is 6.45. The van der Waals surface area contributed by atoms with E-state index < -0.39 is 0 Å². The number of aliphatic hydroxyl groups excluding tert-OH is 1. The number of nitrogens with one attached hydrogen (secondary N) is 1. The van der Waals surface area contributed by atoms with Crippen LogP contribution in [0.2, 0.25) is 0 Å². The first-order chi connectivity index (χ1) is 8.65. The Hall–Kier alpha value is -0.610. The van der Waals surface area contributed by atoms with Crippen molar-refractivity contribution in [2.75, 3.05) is 13.1 Å². The van der Waals surface area contributed by atoms with Crippen molar-refractivity contribution in [3.8, 4) is 0 Å². The Morgan fingerprint density at radius 3 is 2.44 bits per heavy atom. The van der Waals surface area contributed by atoms with Crippen molar-refractivity contribution in [2.45, 2.75) is 57.2 Å². The molecule has 1 amide bonds. The largest absolute Gasteiger partial charge is 0.393 e. The van der Waals surface area contributed by atoms with Crippen LogP contribution in [-0.2, 0) is 4.79 Å². The van der Waals surface area contributed by atoms with Crippen molar-refractivity contribution < 1.29 is 9.90 Å². The molecule has 0 spiro atoms. The molecule has 0 aromatic carbocycles. The molecule has 0 aromatic rings. The number of hydrogen-bond donors (Lipinski definition) is 2. The van der Waals surface area contributed by atoms with E-state index in [4.69, 9.17) is 0 Å². The van der Waals surface area contributed by atoms with Crippen LogP contribution in [0.5, 0.6) is 0 Å². The molecule has 2 N–H and O–H groups in total. The first kappa shape index (κ1) is 12.4. The fraction of sp³-hybridized carbons (Fsp3) is 0.929. The third kappa shape index (κ3) is 2.16. The van der Waals surface area contributed by atoms with Crippen LogP contribution < -0.4 is 5.32 Å². The highest BCUT2D eigenvalue weighted by atomic mass is 16.3. The molecule has 3 aliphatic heterocycles. The Morgan fingerprint density at radius 2 is 1.83 bits per heavy atom. The van der Waals surface area contributed by atoms with Gasteiger partial charge in [0.15, 0.2) is 0 Å². The molecule has 0 aliphatic carbocycles. The molecule has 4 unspecified atom stereocenters. The molecule has 0 saturated carbocycles. The molecule has 3 saturated heterocycles. The molecule has 3 fully saturated rings. The monoisotopic (exact) mass is 252 g/mol. The lowest BCUT2D eigenvalue weighted by Crippen LogP contribution is -2.53. The summed E-state index contributed by atoms with van der Waals surface area (Å²) in [6, 6.07) is 0.618. The van der Waals surface area contributed by atoms with Gasteiger partial charge in [0.05, 0.1) is 12.0 Å². The first-order valence-corrected chi connectivity index (χ1v) is 7.36. The topological polar surface area (TPSA) is 52.6 Å². The smallest absolute Gasteiger partial charge is 0.227 e. The Morgan fingerprint density at radius 1 is 1.17 bits per heavy atom. The van der Waals surface area contributed by atoms with E-state index >= 15 is 0 Å². The minimum atomic E-state index is -0.185. The number of fused-ring (bicyclic) bond motifs is 2. The number of rotatable bonds is 1. The lowest BCUT2D eigenvalue weighted by atomic mass is 9.89. The minimum Gasteiger partial charge on any atom is -0.393 e. The minimum absolute atomic E-state index is 0.159. The molecule has 0 aromatic heterocycles. The lowest BCUT2D eigenvalue weighted by molar-refractivity contribution is -0.142. The highest BCUT2D eigenvalue weighted by molar-refractivity contribution is 5.80. The van der Waals surface area contributed by atoms with E-state index in [0.717, 1.165) is 45.2 Å². The normalized spacial score (nSPS) is 44.1. The number of piperidine rings is 2. The SMILES string of the molecule is CC1CNCC(C(=O)N2C3CCC2CC(O)C3)C1. The predicted octanol–water partition coefficient (Wildman–Crippen LogP) is 0.746. The third-order valence-corrected chi connectivity index (χ3v) is 4.88. The maximum atomic E-state index is 12.7. The molecule has 18 heavy (non-hydrogen) atoms. The molecule has 4 nitrogen and oxygen atoms in total. The van der Waals surface area contributed by atoms with E-state index in [2.05, 4.69) is 17.1 Å². The molecular weight excluding hydrogens is 228 g/mol. The maximum absolute atomic E-state index is 12.7. The summed E-state index contributed by atoms with van der Waals surface area (Å²) >= 11 is 0. The zero-order valence-corrected chi connectivity index (χ0v) is 11.1. The van der Waals surface area contributed by atoms with Crippen molar-refractivity contribution in [1.29, 1.82) is 0 Å². The molecular formula is C14H24N2O2. The van der Waals surface area contributed by atoms with Crippen molar-refractivity contribution in [3.05, 3.63) is 0 Å². The van der Waals surface area contributed by atoms with Crippen molar-refractivity contribution in [2.24, 2.45) is 11.8 Å². The summed E-state index contributed by atoms with van der Waals surface area (Å²) in [5.74, 6) is 1.10. The molecule has 3 rings (SSSR count). The summed E-state index contributed by atoms with van der Waals surface area (Å²) in [4.78, 5) is 14.8. The quantitative estimate of drug-likeness (QED) is 0.724. The van der Waals surface area contributed by atoms with Crippen molar-refractivity contribution in [1.82, 2.24) is 10.2 Å². The summed E-state index contributed by atoms with van der Waals surface area (Å²) in [5, 5.41) is 13.2. The first-order valence-electron chi connectivity index (χ1n) is 7.36. The Kier molecular flexibility index (Phi) is 3.32. The van der Waals surface area contributed by atoms with Crippen LogP contribution in [0.15, 0.2) is 0 Å². The summed E-state index contributed by atoms with van der Waals surface area (Å²) < 4.78 is 0. The number of nitrogens with zero attached hydrogens (tertiary/aromatic N) is 1. The fourth-order valence-corrected chi connectivity index (χ4v) is 4.06. The number of carbonyl (C=O) groups is 1. The van der Waals surface area contributed by atoms with Gasteiger partial charge in [0, 0.05) is 18.6 Å². The zero-order chi connectivity index (χ0) is 12.7. The van der Waals surface area contributed by atoms with Gasteiger partial charge in [0.25, 0.3) is 0 Å². The Balaban J connectivity index is 1.69. The summed E-state index contributed by atoms with van der Waals surface area (Å²) in [5.41, 5.74) is 0. The van der Waals surface area contributed by atoms with E-state index in [9.17, 15) is 9.90 Å². The molecule has 4 atom stereocenters.